The molecule has 1 atom stereocenters. The topological polar surface area (TPSA) is 67.6 Å². The summed E-state index contributed by atoms with van der Waals surface area (Å²) in [5.74, 6) is 0.378. The molecule has 0 aliphatic carbocycles. The average molecular weight is 383 g/mol. The minimum atomic E-state index is -0.233. The molecular formula is C20H21N3O3S. The second kappa shape index (κ2) is 8.47. The molecule has 1 aliphatic heterocycles. The second-order valence-electron chi connectivity index (χ2n) is 6.40. The molecule has 0 radical (unpaired) electrons. The molecule has 1 fully saturated rings. The Bertz CT molecular complexity index is 858. The number of thiophene rings is 1. The Hall–Kier alpha value is -2.48. The van der Waals surface area contributed by atoms with Crippen LogP contribution < -0.4 is 5.32 Å². The Morgan fingerprint density at radius 3 is 2.74 bits per heavy atom. The molecule has 2 aromatic heterocycles. The van der Waals surface area contributed by atoms with E-state index in [4.69, 9.17) is 9.26 Å². The summed E-state index contributed by atoms with van der Waals surface area (Å²) in [6.45, 7) is 3.91. The first-order valence-corrected chi connectivity index (χ1v) is 9.84. The molecule has 0 spiro atoms. The van der Waals surface area contributed by atoms with Crippen LogP contribution in [0.25, 0.3) is 10.6 Å². The molecule has 1 aromatic carbocycles. The Kier molecular flexibility index (Phi) is 5.62. The summed E-state index contributed by atoms with van der Waals surface area (Å²) in [6, 6.07) is 15.5. The first-order chi connectivity index (χ1) is 13.3. The van der Waals surface area contributed by atoms with Gasteiger partial charge in [0.05, 0.1) is 24.1 Å². The molecule has 4 rings (SSSR count). The van der Waals surface area contributed by atoms with Gasteiger partial charge in [0, 0.05) is 25.7 Å². The van der Waals surface area contributed by atoms with Crippen LogP contribution >= 0.6 is 11.3 Å². The third kappa shape index (κ3) is 4.44. The fraction of sp³-hybridized carbons (Fsp3) is 0.300. The van der Waals surface area contributed by atoms with E-state index in [1.54, 1.807) is 17.4 Å². The van der Waals surface area contributed by atoms with E-state index in [0.717, 1.165) is 43.3 Å². The SMILES string of the molecule is O=C(NC(CN1CCOCC1)c1ccccc1)c1cc(-c2cccs2)on1. The minimum absolute atomic E-state index is 0.126. The standard InChI is InChI=1S/C20H21N3O3S/c24-20(16-13-18(26-22-16)19-7-4-12-27-19)21-17(15-5-2-1-3-6-15)14-23-8-10-25-11-9-23/h1-7,12-13,17H,8-11,14H2,(H,21,24). The second-order valence-corrected chi connectivity index (χ2v) is 7.35. The Morgan fingerprint density at radius 2 is 2.00 bits per heavy atom. The van der Waals surface area contributed by atoms with Gasteiger partial charge in [0.2, 0.25) is 0 Å². The normalized spacial score (nSPS) is 16.1. The van der Waals surface area contributed by atoms with Crippen LogP contribution in [-0.4, -0.2) is 48.8 Å². The summed E-state index contributed by atoms with van der Waals surface area (Å²) in [5, 5.41) is 9.03. The van der Waals surface area contributed by atoms with Crippen LogP contribution in [0.1, 0.15) is 22.1 Å². The van der Waals surface area contributed by atoms with Crippen LogP contribution in [0.3, 0.4) is 0 Å². The van der Waals surface area contributed by atoms with Crippen molar-refractivity contribution >= 4 is 17.2 Å². The Balaban J connectivity index is 1.49. The number of carbonyl (C=O) groups is 1. The lowest BCUT2D eigenvalue weighted by molar-refractivity contribution is 0.0332. The molecule has 1 saturated heterocycles. The van der Waals surface area contributed by atoms with E-state index in [9.17, 15) is 4.79 Å². The maximum Gasteiger partial charge on any atom is 0.274 e. The van der Waals surface area contributed by atoms with Gasteiger partial charge < -0.3 is 14.6 Å². The van der Waals surface area contributed by atoms with Gasteiger partial charge in [-0.2, -0.15) is 0 Å². The van der Waals surface area contributed by atoms with Gasteiger partial charge in [0.15, 0.2) is 11.5 Å². The van der Waals surface area contributed by atoms with Crippen molar-refractivity contribution < 1.29 is 14.1 Å². The van der Waals surface area contributed by atoms with Crippen molar-refractivity contribution in [2.45, 2.75) is 6.04 Å². The molecule has 1 unspecified atom stereocenters. The Labute approximate surface area is 161 Å². The first kappa shape index (κ1) is 17.9. The number of ether oxygens (including phenoxy) is 1. The lowest BCUT2D eigenvalue weighted by atomic mass is 10.1. The zero-order valence-electron chi connectivity index (χ0n) is 14.8. The number of amides is 1. The van der Waals surface area contributed by atoms with Gasteiger partial charge in [-0.1, -0.05) is 41.6 Å². The maximum atomic E-state index is 12.8. The molecule has 3 heterocycles. The number of hydrogen-bond donors (Lipinski definition) is 1. The number of rotatable bonds is 6. The van der Waals surface area contributed by atoms with E-state index >= 15 is 0 Å². The van der Waals surface area contributed by atoms with E-state index in [-0.39, 0.29) is 11.9 Å². The highest BCUT2D eigenvalue weighted by atomic mass is 32.1. The smallest absolute Gasteiger partial charge is 0.274 e. The highest BCUT2D eigenvalue weighted by molar-refractivity contribution is 7.13. The fourth-order valence-electron chi connectivity index (χ4n) is 3.11. The molecule has 0 bridgehead atoms. The number of nitrogens with one attached hydrogen (secondary N) is 1. The summed E-state index contributed by atoms with van der Waals surface area (Å²) in [4.78, 5) is 16.0. The number of carbonyl (C=O) groups excluding carboxylic acids is 1. The molecule has 7 heteroatoms. The largest absolute Gasteiger partial charge is 0.379 e. The highest BCUT2D eigenvalue weighted by Crippen LogP contribution is 2.25. The summed E-state index contributed by atoms with van der Waals surface area (Å²) in [6.07, 6.45) is 0. The van der Waals surface area contributed by atoms with E-state index in [2.05, 4.69) is 15.4 Å². The van der Waals surface area contributed by atoms with E-state index in [1.165, 1.54) is 0 Å². The van der Waals surface area contributed by atoms with E-state index in [0.29, 0.717) is 11.5 Å². The third-order valence-electron chi connectivity index (χ3n) is 4.56. The maximum absolute atomic E-state index is 12.8. The van der Waals surface area contributed by atoms with Gasteiger partial charge in [-0.15, -0.1) is 11.3 Å². The third-order valence-corrected chi connectivity index (χ3v) is 5.44. The van der Waals surface area contributed by atoms with Gasteiger partial charge in [-0.3, -0.25) is 9.69 Å². The fourth-order valence-corrected chi connectivity index (χ4v) is 3.78. The van der Waals surface area contributed by atoms with Crippen molar-refractivity contribution in [3.63, 3.8) is 0 Å². The lowest BCUT2D eigenvalue weighted by Crippen LogP contribution is -2.43. The monoisotopic (exact) mass is 383 g/mol. The molecule has 0 saturated carbocycles. The number of morpholine rings is 1. The van der Waals surface area contributed by atoms with Gasteiger partial charge in [0.25, 0.3) is 5.91 Å². The van der Waals surface area contributed by atoms with Gasteiger partial charge >= 0.3 is 0 Å². The molecule has 1 N–H and O–H groups in total. The molecule has 1 amide bonds. The van der Waals surface area contributed by atoms with Crippen LogP contribution in [0, 0.1) is 0 Å². The number of nitrogens with zero attached hydrogens (tertiary/aromatic N) is 2. The number of hydrogen-bond acceptors (Lipinski definition) is 6. The highest BCUT2D eigenvalue weighted by Gasteiger charge is 2.22. The summed E-state index contributed by atoms with van der Waals surface area (Å²) < 4.78 is 10.8. The predicted octanol–water partition coefficient (Wildman–Crippen LogP) is 3.21. The molecule has 27 heavy (non-hydrogen) atoms. The number of benzene rings is 1. The van der Waals surface area contributed by atoms with Crippen LogP contribution in [-0.2, 0) is 4.74 Å². The summed E-state index contributed by atoms with van der Waals surface area (Å²) in [5.41, 5.74) is 1.36. The summed E-state index contributed by atoms with van der Waals surface area (Å²) in [7, 11) is 0. The molecule has 6 nitrogen and oxygen atoms in total. The van der Waals surface area contributed by atoms with Gasteiger partial charge in [-0.05, 0) is 17.0 Å². The molecule has 140 valence electrons. The first-order valence-electron chi connectivity index (χ1n) is 8.96. The van der Waals surface area contributed by atoms with Crippen molar-refractivity contribution in [1.82, 2.24) is 15.4 Å². The quantitative estimate of drug-likeness (QED) is 0.708. The van der Waals surface area contributed by atoms with Crippen molar-refractivity contribution in [2.75, 3.05) is 32.8 Å². The van der Waals surface area contributed by atoms with Crippen LogP contribution in [0.5, 0.6) is 0 Å². The minimum Gasteiger partial charge on any atom is -0.379 e. The summed E-state index contributed by atoms with van der Waals surface area (Å²) >= 11 is 1.55. The zero-order chi connectivity index (χ0) is 18.5. The van der Waals surface area contributed by atoms with Crippen LogP contribution in [0.15, 0.2) is 58.4 Å². The van der Waals surface area contributed by atoms with Gasteiger partial charge in [0.1, 0.15) is 0 Å². The Morgan fingerprint density at radius 1 is 1.19 bits per heavy atom. The van der Waals surface area contributed by atoms with E-state index < -0.39 is 0 Å². The average Bonchev–Trinajstić information content (AvgIpc) is 3.41. The van der Waals surface area contributed by atoms with Crippen molar-refractivity contribution in [3.8, 4) is 10.6 Å². The molecule has 1 aliphatic rings. The number of aromatic nitrogens is 1. The molecule has 3 aromatic rings. The van der Waals surface area contributed by atoms with Crippen molar-refractivity contribution in [1.29, 1.82) is 0 Å². The van der Waals surface area contributed by atoms with Crippen molar-refractivity contribution in [2.24, 2.45) is 0 Å². The van der Waals surface area contributed by atoms with Gasteiger partial charge in [-0.25, -0.2) is 0 Å². The van der Waals surface area contributed by atoms with Crippen molar-refractivity contribution in [3.05, 3.63) is 65.2 Å². The van der Waals surface area contributed by atoms with E-state index in [1.807, 2.05) is 47.8 Å². The van der Waals surface area contributed by atoms with Crippen LogP contribution in [0.2, 0.25) is 0 Å². The van der Waals surface area contributed by atoms with Crippen LogP contribution in [0.4, 0.5) is 0 Å². The lowest BCUT2D eigenvalue weighted by Gasteiger charge is -2.31. The molecular weight excluding hydrogens is 362 g/mol. The zero-order valence-corrected chi connectivity index (χ0v) is 15.7. The predicted molar refractivity (Wildman–Crippen MR) is 104 cm³/mol.